The smallest absolute Gasteiger partial charge is 0.347 e. The first-order valence-electron chi connectivity index (χ1n) is 10.5. The summed E-state index contributed by atoms with van der Waals surface area (Å²) in [5, 5.41) is 11.3. The number of benzene rings is 2. The van der Waals surface area contributed by atoms with Gasteiger partial charge >= 0.3 is 5.97 Å². The number of phenolic OH excluding ortho intramolecular Hbond substituents is 1. The number of carbonyl (C=O) groups is 1. The van der Waals surface area contributed by atoms with Gasteiger partial charge in [-0.3, -0.25) is 0 Å². The van der Waals surface area contributed by atoms with Gasteiger partial charge in [-0.05, 0) is 48.4 Å². The SMILES string of the molecule is O=C(Oc1ccccc1)c1cc2c3c(c1O)[C@@H]1C=CC[C@H]1CN3C[C@H]1CC=C[C@H]21. The lowest BCUT2D eigenvalue weighted by molar-refractivity contribution is 0.0731. The first-order valence-corrected chi connectivity index (χ1v) is 10.5. The number of allylic oxidation sites excluding steroid dienone is 4. The number of hydrogen-bond donors (Lipinski definition) is 1. The molecule has 0 spiro atoms. The van der Waals surface area contributed by atoms with Gasteiger partial charge in [0.1, 0.15) is 17.1 Å². The number of anilines is 1. The molecule has 2 aromatic carbocycles. The molecule has 6 rings (SSSR count). The third-order valence-corrected chi connectivity index (χ3v) is 7.01. The molecule has 0 fully saturated rings. The van der Waals surface area contributed by atoms with Crippen molar-refractivity contribution in [3.63, 3.8) is 0 Å². The highest BCUT2D eigenvalue weighted by Gasteiger charge is 2.44. The van der Waals surface area contributed by atoms with Crippen molar-refractivity contribution < 1.29 is 14.6 Å². The largest absolute Gasteiger partial charge is 0.507 e. The van der Waals surface area contributed by atoms with E-state index in [2.05, 4.69) is 29.2 Å². The van der Waals surface area contributed by atoms with Crippen molar-refractivity contribution in [3.05, 3.63) is 77.4 Å². The molecule has 0 saturated carbocycles. The van der Waals surface area contributed by atoms with Crippen LogP contribution in [0.3, 0.4) is 0 Å². The lowest BCUT2D eigenvalue weighted by Crippen LogP contribution is -2.44. The van der Waals surface area contributed by atoms with Gasteiger partial charge in [0.05, 0.1) is 0 Å². The second-order valence-corrected chi connectivity index (χ2v) is 8.63. The molecule has 0 radical (unpaired) electrons. The first kappa shape index (κ1) is 16.9. The maximum Gasteiger partial charge on any atom is 0.347 e. The molecule has 146 valence electrons. The van der Waals surface area contributed by atoms with Crippen molar-refractivity contribution in [3.8, 4) is 11.5 Å². The van der Waals surface area contributed by atoms with Gasteiger partial charge < -0.3 is 14.7 Å². The van der Waals surface area contributed by atoms with E-state index in [0.29, 0.717) is 23.5 Å². The fourth-order valence-corrected chi connectivity index (χ4v) is 5.73. The lowest BCUT2D eigenvalue weighted by atomic mass is 9.74. The summed E-state index contributed by atoms with van der Waals surface area (Å²) in [5.41, 5.74) is 3.52. The van der Waals surface area contributed by atoms with Gasteiger partial charge in [-0.25, -0.2) is 4.79 Å². The third kappa shape index (κ3) is 2.48. The average molecular weight is 385 g/mol. The second kappa shape index (κ2) is 6.24. The van der Waals surface area contributed by atoms with Gasteiger partial charge in [0.15, 0.2) is 0 Å². The number of hydrogen-bond acceptors (Lipinski definition) is 4. The Labute approximate surface area is 170 Å². The number of esters is 1. The normalized spacial score (nSPS) is 28.1. The molecular formula is C25H23NO3. The van der Waals surface area contributed by atoms with Gasteiger partial charge in [-0.15, -0.1) is 0 Å². The quantitative estimate of drug-likeness (QED) is 0.460. The number of para-hydroxylation sites is 1. The molecule has 0 bridgehead atoms. The van der Waals surface area contributed by atoms with Crippen LogP contribution in [0.2, 0.25) is 0 Å². The summed E-state index contributed by atoms with van der Waals surface area (Å²) in [5.74, 6) is 1.58. The van der Waals surface area contributed by atoms with Crippen molar-refractivity contribution in [2.45, 2.75) is 24.7 Å². The highest BCUT2D eigenvalue weighted by atomic mass is 16.5. The monoisotopic (exact) mass is 385 g/mol. The molecule has 0 unspecified atom stereocenters. The zero-order valence-electron chi connectivity index (χ0n) is 16.1. The Hall–Kier alpha value is -3.01. The molecule has 2 heterocycles. The highest BCUT2D eigenvalue weighted by molar-refractivity contribution is 5.96. The van der Waals surface area contributed by atoms with Gasteiger partial charge in [-0.2, -0.15) is 0 Å². The average Bonchev–Trinajstić information content (AvgIpc) is 3.39. The molecule has 4 aliphatic rings. The minimum atomic E-state index is -0.493. The van der Waals surface area contributed by atoms with E-state index in [-0.39, 0.29) is 17.2 Å². The summed E-state index contributed by atoms with van der Waals surface area (Å²) in [6.45, 7) is 2.04. The van der Waals surface area contributed by atoms with Crippen LogP contribution >= 0.6 is 0 Å². The van der Waals surface area contributed by atoms with E-state index in [4.69, 9.17) is 4.74 Å². The molecule has 4 nitrogen and oxygen atoms in total. The third-order valence-electron chi connectivity index (χ3n) is 7.01. The molecule has 2 aliphatic heterocycles. The zero-order chi connectivity index (χ0) is 19.5. The van der Waals surface area contributed by atoms with Crippen molar-refractivity contribution in [2.75, 3.05) is 18.0 Å². The second-order valence-electron chi connectivity index (χ2n) is 8.63. The molecule has 4 atom stereocenters. The van der Waals surface area contributed by atoms with Crippen molar-refractivity contribution in [1.29, 1.82) is 0 Å². The van der Waals surface area contributed by atoms with Crippen LogP contribution in [-0.2, 0) is 0 Å². The zero-order valence-corrected chi connectivity index (χ0v) is 16.1. The molecule has 2 aromatic rings. The van der Waals surface area contributed by atoms with Gasteiger partial charge in [0, 0.05) is 36.2 Å². The minimum absolute atomic E-state index is 0.0938. The first-order chi connectivity index (χ1) is 14.2. The highest BCUT2D eigenvalue weighted by Crippen LogP contribution is 2.56. The van der Waals surface area contributed by atoms with E-state index in [1.165, 1.54) is 5.56 Å². The van der Waals surface area contributed by atoms with E-state index >= 15 is 0 Å². The summed E-state index contributed by atoms with van der Waals surface area (Å²) in [6, 6.07) is 10.9. The Morgan fingerprint density at radius 1 is 1.00 bits per heavy atom. The van der Waals surface area contributed by atoms with Crippen LogP contribution in [-0.4, -0.2) is 24.2 Å². The Morgan fingerprint density at radius 2 is 1.69 bits per heavy atom. The van der Waals surface area contributed by atoms with Crippen LogP contribution in [0.15, 0.2) is 60.7 Å². The molecule has 0 aromatic heterocycles. The Bertz CT molecular complexity index is 1050. The number of rotatable bonds is 2. The topological polar surface area (TPSA) is 49.8 Å². The molecule has 1 N–H and O–H groups in total. The predicted octanol–water partition coefficient (Wildman–Crippen LogP) is 4.76. The lowest BCUT2D eigenvalue weighted by Gasteiger charge is -2.46. The summed E-state index contributed by atoms with van der Waals surface area (Å²) in [6.07, 6.45) is 11.1. The number of ether oxygens (including phenoxy) is 1. The fraction of sp³-hybridized carbons (Fsp3) is 0.320. The van der Waals surface area contributed by atoms with E-state index in [1.807, 2.05) is 24.3 Å². The van der Waals surface area contributed by atoms with Crippen molar-refractivity contribution >= 4 is 11.7 Å². The maximum absolute atomic E-state index is 13.0. The van der Waals surface area contributed by atoms with Crippen LogP contribution in [0.4, 0.5) is 5.69 Å². The van der Waals surface area contributed by atoms with E-state index in [0.717, 1.165) is 37.2 Å². The van der Waals surface area contributed by atoms with Crippen LogP contribution in [0.1, 0.15) is 46.2 Å². The number of phenols is 1. The molecule has 2 aliphatic carbocycles. The van der Waals surface area contributed by atoms with Crippen LogP contribution in [0, 0.1) is 11.8 Å². The number of nitrogens with zero attached hydrogens (tertiary/aromatic N) is 1. The number of carbonyl (C=O) groups excluding carboxylic acids is 1. The summed E-state index contributed by atoms with van der Waals surface area (Å²) in [4.78, 5) is 15.5. The summed E-state index contributed by atoms with van der Waals surface area (Å²) < 4.78 is 5.59. The van der Waals surface area contributed by atoms with Crippen molar-refractivity contribution in [2.24, 2.45) is 11.8 Å². The van der Waals surface area contributed by atoms with Crippen molar-refractivity contribution in [1.82, 2.24) is 0 Å². The Kier molecular flexibility index (Phi) is 3.64. The number of fused-ring (bicyclic) bond motifs is 4. The Balaban J connectivity index is 1.51. The van der Waals surface area contributed by atoms with Crippen LogP contribution in [0.25, 0.3) is 0 Å². The molecule has 0 saturated heterocycles. The minimum Gasteiger partial charge on any atom is -0.507 e. The molecule has 0 amide bonds. The van der Waals surface area contributed by atoms with Gasteiger partial charge in [0.2, 0.25) is 0 Å². The van der Waals surface area contributed by atoms with Gasteiger partial charge in [0.25, 0.3) is 0 Å². The molecular weight excluding hydrogens is 362 g/mol. The number of aromatic hydroxyl groups is 1. The fourth-order valence-electron chi connectivity index (χ4n) is 5.73. The predicted molar refractivity (Wildman–Crippen MR) is 112 cm³/mol. The van der Waals surface area contributed by atoms with E-state index in [9.17, 15) is 9.90 Å². The molecule has 4 heteroatoms. The van der Waals surface area contributed by atoms with Crippen LogP contribution in [0.5, 0.6) is 11.5 Å². The summed E-state index contributed by atoms with van der Waals surface area (Å²) >= 11 is 0. The maximum atomic E-state index is 13.0. The summed E-state index contributed by atoms with van der Waals surface area (Å²) in [7, 11) is 0. The van der Waals surface area contributed by atoms with E-state index < -0.39 is 5.97 Å². The standard InChI is InChI=1S/C25H23NO3/c27-24-21(25(28)29-17-8-2-1-3-9-17)12-20-18-10-4-6-15(18)13-26-14-16-7-5-11-19(16)22(24)23(20)26/h1-5,8-12,15-16,18-19,27H,6-7,13-14H2/t15-,16+,18+,19-/m1/s1. The Morgan fingerprint density at radius 3 is 2.45 bits per heavy atom. The van der Waals surface area contributed by atoms with Crippen LogP contribution < -0.4 is 9.64 Å². The van der Waals surface area contributed by atoms with E-state index in [1.54, 1.807) is 12.1 Å². The van der Waals surface area contributed by atoms with Gasteiger partial charge in [-0.1, -0.05) is 42.5 Å². The molecule has 29 heavy (non-hydrogen) atoms.